The Morgan fingerprint density at radius 3 is 2.42 bits per heavy atom. The van der Waals surface area contributed by atoms with Crippen molar-refractivity contribution in [2.75, 3.05) is 32.6 Å². The number of benzene rings is 1. The average Bonchev–Trinajstić information content (AvgIpc) is 3.09. The van der Waals surface area contributed by atoms with Gasteiger partial charge in [0, 0.05) is 5.54 Å². The van der Waals surface area contributed by atoms with Gasteiger partial charge in [0.15, 0.2) is 0 Å². The molecule has 1 aliphatic carbocycles. The van der Waals surface area contributed by atoms with Gasteiger partial charge in [-0.2, -0.15) is 0 Å². The lowest BCUT2D eigenvalue weighted by molar-refractivity contribution is 0.0594. The Morgan fingerprint density at radius 1 is 1.16 bits per heavy atom. The second kappa shape index (κ2) is 7.96. The van der Waals surface area contributed by atoms with E-state index in [0.717, 1.165) is 36.9 Å². The fourth-order valence-electron chi connectivity index (χ4n) is 5.12. The third-order valence-corrected chi connectivity index (χ3v) is 7.05. The minimum absolute atomic E-state index is 0.0235. The zero-order chi connectivity index (χ0) is 22.2. The molecule has 31 heavy (non-hydrogen) atoms. The van der Waals surface area contributed by atoms with Crippen LogP contribution in [-0.2, 0) is 10.3 Å². The number of rotatable bonds is 4. The van der Waals surface area contributed by atoms with Gasteiger partial charge < -0.3 is 10.1 Å². The molecule has 1 N–H and O–H groups in total. The van der Waals surface area contributed by atoms with Crippen molar-refractivity contribution >= 4 is 17.7 Å². The number of esters is 1. The number of aromatic nitrogens is 1. The molecular weight excluding hydrogens is 392 g/mol. The van der Waals surface area contributed by atoms with Gasteiger partial charge in [-0.3, -0.25) is 9.80 Å². The summed E-state index contributed by atoms with van der Waals surface area (Å²) >= 11 is 0. The zero-order valence-corrected chi connectivity index (χ0v) is 18.6. The molecule has 0 bridgehead atoms. The van der Waals surface area contributed by atoms with E-state index >= 15 is 0 Å². The van der Waals surface area contributed by atoms with Gasteiger partial charge in [0.1, 0.15) is 5.69 Å². The van der Waals surface area contributed by atoms with Gasteiger partial charge in [-0.1, -0.05) is 30.3 Å². The fourth-order valence-corrected chi connectivity index (χ4v) is 5.12. The number of aryl methyl sites for hydroxylation is 1. The highest BCUT2D eigenvalue weighted by molar-refractivity contribution is 5.96. The number of hydrogen-bond acceptors (Lipinski definition) is 5. The lowest BCUT2D eigenvalue weighted by atomic mass is 9.69. The molecule has 164 valence electrons. The van der Waals surface area contributed by atoms with Crippen molar-refractivity contribution in [3.63, 3.8) is 0 Å². The normalized spacial score (nSPS) is 25.7. The molecule has 1 spiro atoms. The standard InChI is InChI=1S/C24H30N4O3/c1-17-14-19(21(29)31-4)25-15-20(17)28-16-23(26-22(28)30)10-12-24(13-11-23,27(2)3)18-8-6-5-7-9-18/h5-9,14-15H,10-13,16H2,1-4H3,(H,26,30). The quantitative estimate of drug-likeness (QED) is 0.764. The van der Waals surface area contributed by atoms with E-state index < -0.39 is 5.97 Å². The van der Waals surface area contributed by atoms with Gasteiger partial charge in [-0.05, 0) is 63.9 Å². The number of hydrogen-bond donors (Lipinski definition) is 1. The van der Waals surface area contributed by atoms with E-state index in [4.69, 9.17) is 4.74 Å². The molecule has 1 aromatic heterocycles. The predicted octanol–water partition coefficient (Wildman–Crippen LogP) is 3.48. The van der Waals surface area contributed by atoms with E-state index in [-0.39, 0.29) is 22.8 Å². The molecule has 7 nitrogen and oxygen atoms in total. The third-order valence-electron chi connectivity index (χ3n) is 7.05. The molecule has 1 aromatic carbocycles. The maximum Gasteiger partial charge on any atom is 0.356 e. The Morgan fingerprint density at radius 2 is 1.84 bits per heavy atom. The first kappa shape index (κ1) is 21.3. The van der Waals surface area contributed by atoms with Crippen LogP contribution in [0.5, 0.6) is 0 Å². The SMILES string of the molecule is COC(=O)c1cc(C)c(N2CC3(CCC(c4ccccc4)(N(C)C)CC3)NC2=O)cn1. The summed E-state index contributed by atoms with van der Waals surface area (Å²) in [5.74, 6) is -0.481. The molecule has 7 heteroatoms. The summed E-state index contributed by atoms with van der Waals surface area (Å²) in [6.45, 7) is 2.49. The molecule has 2 aromatic rings. The molecule has 1 aliphatic heterocycles. The number of carbonyl (C=O) groups is 2. The summed E-state index contributed by atoms with van der Waals surface area (Å²) in [5.41, 5.74) is 2.85. The van der Waals surface area contributed by atoms with Crippen LogP contribution < -0.4 is 10.2 Å². The molecule has 0 radical (unpaired) electrons. The van der Waals surface area contributed by atoms with E-state index in [0.29, 0.717) is 6.54 Å². The number of nitrogens with zero attached hydrogens (tertiary/aromatic N) is 3. The third kappa shape index (κ3) is 3.67. The van der Waals surface area contributed by atoms with Crippen molar-refractivity contribution in [3.8, 4) is 0 Å². The number of amides is 2. The number of urea groups is 1. The lowest BCUT2D eigenvalue weighted by Gasteiger charge is -2.48. The fraction of sp³-hybridized carbons (Fsp3) is 0.458. The predicted molar refractivity (Wildman–Crippen MR) is 119 cm³/mol. The number of carbonyl (C=O) groups excluding carboxylic acids is 2. The van der Waals surface area contributed by atoms with Crippen molar-refractivity contribution in [2.45, 2.75) is 43.7 Å². The van der Waals surface area contributed by atoms with Crippen molar-refractivity contribution in [2.24, 2.45) is 0 Å². The molecule has 2 heterocycles. The summed E-state index contributed by atoms with van der Waals surface area (Å²) in [4.78, 5) is 33.0. The Kier molecular flexibility index (Phi) is 5.47. The van der Waals surface area contributed by atoms with Crippen molar-refractivity contribution < 1.29 is 14.3 Å². The van der Waals surface area contributed by atoms with Crippen LogP contribution in [0.3, 0.4) is 0 Å². The number of ether oxygens (including phenoxy) is 1. The van der Waals surface area contributed by atoms with Gasteiger partial charge in [-0.15, -0.1) is 0 Å². The molecule has 2 amide bonds. The van der Waals surface area contributed by atoms with Crippen LogP contribution >= 0.6 is 0 Å². The minimum Gasteiger partial charge on any atom is -0.464 e. The van der Waals surface area contributed by atoms with Crippen LogP contribution in [0.25, 0.3) is 0 Å². The zero-order valence-electron chi connectivity index (χ0n) is 18.6. The van der Waals surface area contributed by atoms with E-state index in [2.05, 4.69) is 53.6 Å². The van der Waals surface area contributed by atoms with Crippen LogP contribution in [0, 0.1) is 6.92 Å². The first-order chi connectivity index (χ1) is 14.8. The van der Waals surface area contributed by atoms with Crippen LogP contribution in [0.2, 0.25) is 0 Å². The van der Waals surface area contributed by atoms with E-state index in [1.807, 2.05) is 13.0 Å². The second-order valence-corrected chi connectivity index (χ2v) is 8.94. The highest BCUT2D eigenvalue weighted by Crippen LogP contribution is 2.46. The Bertz CT molecular complexity index is 982. The van der Waals surface area contributed by atoms with Crippen LogP contribution in [0.4, 0.5) is 10.5 Å². The largest absolute Gasteiger partial charge is 0.464 e. The summed E-state index contributed by atoms with van der Waals surface area (Å²) in [6, 6.07) is 12.2. The number of methoxy groups -OCH3 is 1. The maximum absolute atomic E-state index is 12.9. The Balaban J connectivity index is 1.54. The summed E-state index contributed by atoms with van der Waals surface area (Å²) in [6.07, 6.45) is 5.33. The number of nitrogens with one attached hydrogen (secondary N) is 1. The molecular formula is C24H30N4O3. The lowest BCUT2D eigenvalue weighted by Crippen LogP contribution is -2.54. The van der Waals surface area contributed by atoms with E-state index in [9.17, 15) is 9.59 Å². The molecule has 0 atom stereocenters. The Labute approximate surface area is 183 Å². The minimum atomic E-state index is -0.481. The monoisotopic (exact) mass is 422 g/mol. The molecule has 2 aliphatic rings. The summed E-state index contributed by atoms with van der Waals surface area (Å²) < 4.78 is 4.74. The van der Waals surface area contributed by atoms with Crippen molar-refractivity contribution in [1.29, 1.82) is 0 Å². The first-order valence-corrected chi connectivity index (χ1v) is 10.7. The summed E-state index contributed by atoms with van der Waals surface area (Å²) in [7, 11) is 5.61. The highest BCUT2D eigenvalue weighted by Gasteiger charge is 2.50. The Hall–Kier alpha value is -2.93. The maximum atomic E-state index is 12.9. The van der Waals surface area contributed by atoms with E-state index in [1.165, 1.54) is 12.7 Å². The van der Waals surface area contributed by atoms with Crippen molar-refractivity contribution in [3.05, 3.63) is 59.4 Å². The van der Waals surface area contributed by atoms with Gasteiger partial charge in [0.2, 0.25) is 0 Å². The first-order valence-electron chi connectivity index (χ1n) is 10.7. The molecule has 2 fully saturated rings. The number of anilines is 1. The average molecular weight is 423 g/mol. The van der Waals surface area contributed by atoms with Gasteiger partial charge >= 0.3 is 12.0 Å². The summed E-state index contributed by atoms with van der Waals surface area (Å²) in [5, 5.41) is 3.27. The van der Waals surface area contributed by atoms with Crippen LogP contribution in [0.15, 0.2) is 42.6 Å². The van der Waals surface area contributed by atoms with E-state index in [1.54, 1.807) is 17.2 Å². The van der Waals surface area contributed by atoms with Crippen LogP contribution in [-0.4, -0.2) is 55.2 Å². The smallest absolute Gasteiger partial charge is 0.356 e. The van der Waals surface area contributed by atoms with Crippen molar-refractivity contribution in [1.82, 2.24) is 15.2 Å². The molecule has 1 saturated carbocycles. The number of pyridine rings is 1. The molecule has 4 rings (SSSR count). The molecule has 0 unspecified atom stereocenters. The topological polar surface area (TPSA) is 74.8 Å². The van der Waals surface area contributed by atoms with Gasteiger partial charge in [0.05, 0.1) is 31.1 Å². The van der Waals surface area contributed by atoms with Crippen LogP contribution in [0.1, 0.15) is 47.3 Å². The highest BCUT2D eigenvalue weighted by atomic mass is 16.5. The van der Waals surface area contributed by atoms with Gasteiger partial charge in [-0.25, -0.2) is 14.6 Å². The second-order valence-electron chi connectivity index (χ2n) is 8.94. The van der Waals surface area contributed by atoms with Gasteiger partial charge in [0.25, 0.3) is 0 Å². The molecule has 1 saturated heterocycles.